The Hall–Kier alpha value is -2.07. The quantitative estimate of drug-likeness (QED) is 0.823. The molecular formula is C17H22N2O2. The Balaban J connectivity index is 2.21. The molecule has 1 aromatic carbocycles. The molecule has 4 heteroatoms. The largest absolute Gasteiger partial charge is 0.494 e. The van der Waals surface area contributed by atoms with Gasteiger partial charge in [0.15, 0.2) is 0 Å². The summed E-state index contributed by atoms with van der Waals surface area (Å²) in [6.45, 7) is 6.22. The molecule has 0 fully saturated rings. The lowest BCUT2D eigenvalue weighted by Gasteiger charge is -2.08. The first kappa shape index (κ1) is 15.3. The van der Waals surface area contributed by atoms with Crippen molar-refractivity contribution in [1.82, 2.24) is 10.3 Å². The maximum absolute atomic E-state index is 12.0. The fourth-order valence-electron chi connectivity index (χ4n) is 2.04. The zero-order valence-electron chi connectivity index (χ0n) is 12.6. The fraction of sp³-hybridized carbons (Fsp3) is 0.353. The van der Waals surface area contributed by atoms with Crippen molar-refractivity contribution < 1.29 is 4.74 Å². The molecule has 2 aromatic rings. The van der Waals surface area contributed by atoms with Crippen LogP contribution in [0.2, 0.25) is 0 Å². The van der Waals surface area contributed by atoms with Gasteiger partial charge in [0, 0.05) is 23.4 Å². The second kappa shape index (κ2) is 7.64. The SMILES string of the molecule is CCCOc1cccc(-c2ccc(CNCC)c(=O)[nH]2)c1. The molecule has 0 saturated heterocycles. The van der Waals surface area contributed by atoms with Gasteiger partial charge < -0.3 is 15.0 Å². The molecule has 0 unspecified atom stereocenters. The molecular weight excluding hydrogens is 264 g/mol. The van der Waals surface area contributed by atoms with E-state index in [0.717, 1.165) is 35.5 Å². The van der Waals surface area contributed by atoms with E-state index in [4.69, 9.17) is 4.74 Å². The summed E-state index contributed by atoms with van der Waals surface area (Å²) in [5, 5.41) is 3.16. The zero-order valence-corrected chi connectivity index (χ0v) is 12.6. The van der Waals surface area contributed by atoms with Crippen LogP contribution in [-0.2, 0) is 6.54 Å². The number of aromatic amines is 1. The number of ether oxygens (including phenoxy) is 1. The second-order valence-corrected chi connectivity index (χ2v) is 4.88. The molecule has 0 radical (unpaired) electrons. The average Bonchev–Trinajstić information content (AvgIpc) is 2.52. The number of aromatic nitrogens is 1. The van der Waals surface area contributed by atoms with E-state index in [1.165, 1.54) is 0 Å². The van der Waals surface area contributed by atoms with Crippen LogP contribution < -0.4 is 15.6 Å². The standard InChI is InChI=1S/C17H22N2O2/c1-3-10-21-15-7-5-6-13(11-15)16-9-8-14(12-18-4-2)17(20)19-16/h5-9,11,18H,3-4,10,12H2,1-2H3,(H,19,20). The number of rotatable bonds is 7. The van der Waals surface area contributed by atoms with E-state index in [-0.39, 0.29) is 5.56 Å². The van der Waals surface area contributed by atoms with Crippen molar-refractivity contribution in [1.29, 1.82) is 0 Å². The minimum absolute atomic E-state index is 0.0478. The number of hydrogen-bond donors (Lipinski definition) is 2. The van der Waals surface area contributed by atoms with Crippen LogP contribution >= 0.6 is 0 Å². The van der Waals surface area contributed by atoms with Crippen molar-refractivity contribution >= 4 is 0 Å². The number of hydrogen-bond acceptors (Lipinski definition) is 3. The molecule has 0 bridgehead atoms. The summed E-state index contributed by atoms with van der Waals surface area (Å²) in [6.07, 6.45) is 0.972. The Morgan fingerprint density at radius 2 is 2.05 bits per heavy atom. The van der Waals surface area contributed by atoms with Gasteiger partial charge in [0.25, 0.3) is 5.56 Å². The predicted molar refractivity (Wildman–Crippen MR) is 85.7 cm³/mol. The number of pyridine rings is 1. The van der Waals surface area contributed by atoms with E-state index in [1.54, 1.807) is 0 Å². The van der Waals surface area contributed by atoms with Gasteiger partial charge in [-0.15, -0.1) is 0 Å². The third-order valence-electron chi connectivity index (χ3n) is 3.17. The smallest absolute Gasteiger partial charge is 0.252 e. The van der Waals surface area contributed by atoms with Gasteiger partial charge in [-0.1, -0.05) is 32.0 Å². The van der Waals surface area contributed by atoms with Crippen LogP contribution in [0, 0.1) is 0 Å². The highest BCUT2D eigenvalue weighted by Crippen LogP contribution is 2.21. The van der Waals surface area contributed by atoms with Crippen LogP contribution in [0.25, 0.3) is 11.3 Å². The van der Waals surface area contributed by atoms with Crippen molar-refractivity contribution in [2.75, 3.05) is 13.2 Å². The molecule has 0 atom stereocenters. The molecule has 1 heterocycles. The summed E-state index contributed by atoms with van der Waals surface area (Å²) >= 11 is 0. The van der Waals surface area contributed by atoms with E-state index < -0.39 is 0 Å². The fourth-order valence-corrected chi connectivity index (χ4v) is 2.04. The number of H-pyrrole nitrogens is 1. The molecule has 4 nitrogen and oxygen atoms in total. The lowest BCUT2D eigenvalue weighted by atomic mass is 10.1. The van der Waals surface area contributed by atoms with Crippen molar-refractivity contribution in [3.63, 3.8) is 0 Å². The predicted octanol–water partition coefficient (Wildman–Crippen LogP) is 2.94. The minimum Gasteiger partial charge on any atom is -0.494 e. The molecule has 0 aliphatic carbocycles. The molecule has 0 aliphatic rings. The van der Waals surface area contributed by atoms with Crippen LogP contribution in [0.3, 0.4) is 0 Å². The van der Waals surface area contributed by atoms with Gasteiger partial charge in [-0.05, 0) is 31.2 Å². The van der Waals surface area contributed by atoms with Crippen LogP contribution in [-0.4, -0.2) is 18.1 Å². The highest BCUT2D eigenvalue weighted by molar-refractivity contribution is 5.61. The third-order valence-corrected chi connectivity index (χ3v) is 3.17. The van der Waals surface area contributed by atoms with Gasteiger partial charge in [0.1, 0.15) is 5.75 Å². The monoisotopic (exact) mass is 286 g/mol. The second-order valence-electron chi connectivity index (χ2n) is 4.88. The summed E-state index contributed by atoms with van der Waals surface area (Å²) in [7, 11) is 0. The molecule has 2 N–H and O–H groups in total. The van der Waals surface area contributed by atoms with Gasteiger partial charge in [-0.3, -0.25) is 4.79 Å². The summed E-state index contributed by atoms with van der Waals surface area (Å²) in [5.41, 5.74) is 2.46. The first-order chi connectivity index (χ1) is 10.2. The topological polar surface area (TPSA) is 54.1 Å². The summed E-state index contributed by atoms with van der Waals surface area (Å²) < 4.78 is 5.62. The van der Waals surface area contributed by atoms with E-state index in [2.05, 4.69) is 17.2 Å². The van der Waals surface area contributed by atoms with Gasteiger partial charge in [0.05, 0.1) is 6.61 Å². The first-order valence-corrected chi connectivity index (χ1v) is 7.40. The number of benzene rings is 1. The Labute approximate surface area is 125 Å². The molecule has 21 heavy (non-hydrogen) atoms. The molecule has 112 valence electrons. The Morgan fingerprint density at radius 1 is 1.19 bits per heavy atom. The van der Waals surface area contributed by atoms with Gasteiger partial charge in [-0.25, -0.2) is 0 Å². The van der Waals surface area contributed by atoms with Gasteiger partial charge in [0.2, 0.25) is 0 Å². The summed E-state index contributed by atoms with van der Waals surface area (Å²) in [4.78, 5) is 15.0. The van der Waals surface area contributed by atoms with Crippen LogP contribution in [0.5, 0.6) is 5.75 Å². The zero-order chi connectivity index (χ0) is 15.1. The average molecular weight is 286 g/mol. The molecule has 1 aromatic heterocycles. The Morgan fingerprint density at radius 3 is 2.76 bits per heavy atom. The van der Waals surface area contributed by atoms with Crippen molar-refractivity contribution in [2.24, 2.45) is 0 Å². The molecule has 0 aliphatic heterocycles. The maximum Gasteiger partial charge on any atom is 0.252 e. The molecule has 2 rings (SSSR count). The van der Waals surface area contributed by atoms with E-state index in [1.807, 2.05) is 43.3 Å². The van der Waals surface area contributed by atoms with Crippen LogP contribution in [0.1, 0.15) is 25.8 Å². The van der Waals surface area contributed by atoms with Gasteiger partial charge >= 0.3 is 0 Å². The van der Waals surface area contributed by atoms with Crippen molar-refractivity contribution in [3.05, 3.63) is 52.3 Å². The highest BCUT2D eigenvalue weighted by Gasteiger charge is 2.04. The van der Waals surface area contributed by atoms with Crippen molar-refractivity contribution in [3.8, 4) is 17.0 Å². The summed E-state index contributed by atoms with van der Waals surface area (Å²) in [5.74, 6) is 0.826. The van der Waals surface area contributed by atoms with Gasteiger partial charge in [-0.2, -0.15) is 0 Å². The lowest BCUT2D eigenvalue weighted by molar-refractivity contribution is 0.317. The molecule has 0 saturated carbocycles. The van der Waals surface area contributed by atoms with E-state index in [9.17, 15) is 4.79 Å². The lowest BCUT2D eigenvalue weighted by Crippen LogP contribution is -2.20. The van der Waals surface area contributed by atoms with Crippen LogP contribution in [0.15, 0.2) is 41.2 Å². The van der Waals surface area contributed by atoms with Crippen molar-refractivity contribution in [2.45, 2.75) is 26.8 Å². The van der Waals surface area contributed by atoms with E-state index in [0.29, 0.717) is 13.2 Å². The third kappa shape index (κ3) is 4.20. The van der Waals surface area contributed by atoms with E-state index >= 15 is 0 Å². The summed E-state index contributed by atoms with van der Waals surface area (Å²) in [6, 6.07) is 11.6. The minimum atomic E-state index is -0.0478. The maximum atomic E-state index is 12.0. The molecule has 0 spiro atoms. The number of nitrogens with one attached hydrogen (secondary N) is 2. The molecule has 0 amide bonds. The van der Waals surface area contributed by atoms with Crippen LogP contribution in [0.4, 0.5) is 0 Å². The highest BCUT2D eigenvalue weighted by atomic mass is 16.5. The first-order valence-electron chi connectivity index (χ1n) is 7.40. The normalized spacial score (nSPS) is 10.6. The Bertz CT molecular complexity index is 635. The Kier molecular flexibility index (Phi) is 5.58.